The van der Waals surface area contributed by atoms with E-state index >= 15 is 0 Å². The van der Waals surface area contributed by atoms with E-state index in [9.17, 15) is 14.4 Å². The Labute approximate surface area is 153 Å². The van der Waals surface area contributed by atoms with E-state index in [4.69, 9.17) is 0 Å². The molecule has 2 aliphatic rings. The van der Waals surface area contributed by atoms with E-state index in [0.717, 1.165) is 11.1 Å². The molecule has 0 saturated carbocycles. The van der Waals surface area contributed by atoms with Crippen molar-refractivity contribution >= 4 is 17.8 Å². The summed E-state index contributed by atoms with van der Waals surface area (Å²) >= 11 is 0. The van der Waals surface area contributed by atoms with Crippen LogP contribution in [0.1, 0.15) is 34.3 Å². The van der Waals surface area contributed by atoms with Crippen molar-refractivity contribution in [3.63, 3.8) is 0 Å². The third-order valence-electron chi connectivity index (χ3n) is 4.91. The largest absolute Gasteiger partial charge is 0.331 e. The van der Waals surface area contributed by atoms with Gasteiger partial charge in [0.05, 0.1) is 0 Å². The van der Waals surface area contributed by atoms with Gasteiger partial charge in [0.2, 0.25) is 5.91 Å². The SMILES string of the molecule is C=C1CCC(N2Cc3c(CN(C)C(=O)N(C)C)cccc3C2=O)C(=O)N1. The van der Waals surface area contributed by atoms with Crippen LogP contribution in [0.4, 0.5) is 4.79 Å². The van der Waals surface area contributed by atoms with Crippen molar-refractivity contribution in [1.29, 1.82) is 0 Å². The fraction of sp³-hybridized carbons (Fsp3) is 0.421. The van der Waals surface area contributed by atoms with Crippen molar-refractivity contribution in [3.8, 4) is 0 Å². The molecule has 1 N–H and O–H groups in total. The van der Waals surface area contributed by atoms with Gasteiger partial charge in [0.25, 0.3) is 5.91 Å². The predicted molar refractivity (Wildman–Crippen MR) is 97.2 cm³/mol. The van der Waals surface area contributed by atoms with Crippen LogP contribution in [-0.4, -0.2) is 59.7 Å². The van der Waals surface area contributed by atoms with Crippen LogP contribution < -0.4 is 5.32 Å². The molecule has 1 atom stereocenters. The molecule has 1 saturated heterocycles. The van der Waals surface area contributed by atoms with Crippen molar-refractivity contribution < 1.29 is 14.4 Å². The Hall–Kier alpha value is -2.83. The maximum Gasteiger partial charge on any atom is 0.319 e. The van der Waals surface area contributed by atoms with Crippen molar-refractivity contribution in [2.45, 2.75) is 32.0 Å². The van der Waals surface area contributed by atoms with Crippen LogP contribution in [0.15, 0.2) is 30.5 Å². The maximum atomic E-state index is 12.8. The van der Waals surface area contributed by atoms with E-state index in [1.807, 2.05) is 12.1 Å². The number of hydrogen-bond acceptors (Lipinski definition) is 3. The quantitative estimate of drug-likeness (QED) is 0.893. The summed E-state index contributed by atoms with van der Waals surface area (Å²) < 4.78 is 0. The Bertz CT molecular complexity index is 787. The molecule has 7 heteroatoms. The topological polar surface area (TPSA) is 73.0 Å². The lowest BCUT2D eigenvalue weighted by atomic mass is 10.0. The Morgan fingerprint density at radius 2 is 2.04 bits per heavy atom. The maximum absolute atomic E-state index is 12.8. The number of allylic oxidation sites excluding steroid dienone is 1. The molecule has 138 valence electrons. The van der Waals surface area contributed by atoms with E-state index in [-0.39, 0.29) is 17.8 Å². The second kappa shape index (κ2) is 6.82. The first-order valence-corrected chi connectivity index (χ1v) is 8.62. The zero-order valence-corrected chi connectivity index (χ0v) is 15.4. The average molecular weight is 356 g/mol. The second-order valence-electron chi connectivity index (χ2n) is 7.06. The van der Waals surface area contributed by atoms with Gasteiger partial charge in [0, 0.05) is 45.5 Å². The lowest BCUT2D eigenvalue weighted by molar-refractivity contribution is -0.126. The van der Waals surface area contributed by atoms with Gasteiger partial charge in [-0.2, -0.15) is 0 Å². The number of carbonyl (C=O) groups excluding carboxylic acids is 3. The lowest BCUT2D eigenvalue weighted by Gasteiger charge is -2.31. The minimum atomic E-state index is -0.477. The summed E-state index contributed by atoms with van der Waals surface area (Å²) in [5.74, 6) is -0.306. The zero-order chi connectivity index (χ0) is 19.0. The lowest BCUT2D eigenvalue weighted by Crippen LogP contribution is -2.49. The Balaban J connectivity index is 1.83. The molecule has 1 aromatic carbocycles. The minimum absolute atomic E-state index is 0.103. The predicted octanol–water partition coefficient (Wildman–Crippen LogP) is 1.55. The van der Waals surface area contributed by atoms with Crippen LogP contribution in [0.3, 0.4) is 0 Å². The molecule has 3 rings (SSSR count). The normalized spacial score (nSPS) is 19.3. The highest BCUT2D eigenvalue weighted by Gasteiger charge is 2.38. The van der Waals surface area contributed by atoms with Crippen LogP contribution in [0, 0.1) is 0 Å². The number of piperidine rings is 1. The van der Waals surface area contributed by atoms with Crippen molar-refractivity contribution in [1.82, 2.24) is 20.0 Å². The Morgan fingerprint density at radius 3 is 2.69 bits per heavy atom. The number of hydrogen-bond donors (Lipinski definition) is 1. The number of carbonyl (C=O) groups is 3. The Morgan fingerprint density at radius 1 is 1.31 bits per heavy atom. The molecule has 0 aromatic heterocycles. The highest BCUT2D eigenvalue weighted by molar-refractivity contribution is 6.01. The number of fused-ring (bicyclic) bond motifs is 1. The van der Waals surface area contributed by atoms with Crippen molar-refractivity contribution in [2.75, 3.05) is 21.1 Å². The van der Waals surface area contributed by atoms with Crippen LogP contribution in [0.2, 0.25) is 0 Å². The van der Waals surface area contributed by atoms with E-state index in [1.165, 1.54) is 4.90 Å². The summed E-state index contributed by atoms with van der Waals surface area (Å²) in [5, 5.41) is 2.74. The minimum Gasteiger partial charge on any atom is -0.331 e. The molecule has 1 aromatic rings. The van der Waals surface area contributed by atoms with Crippen LogP contribution in [0.25, 0.3) is 0 Å². The van der Waals surface area contributed by atoms with Gasteiger partial charge in [-0.25, -0.2) is 4.79 Å². The molecule has 0 spiro atoms. The zero-order valence-electron chi connectivity index (χ0n) is 15.4. The monoisotopic (exact) mass is 356 g/mol. The summed E-state index contributed by atoms with van der Waals surface area (Å²) in [6, 6.07) is 4.96. The van der Waals surface area contributed by atoms with Crippen molar-refractivity contribution in [3.05, 3.63) is 47.2 Å². The molecular formula is C19H24N4O3. The van der Waals surface area contributed by atoms with E-state index in [0.29, 0.717) is 37.2 Å². The van der Waals surface area contributed by atoms with Crippen LogP contribution in [-0.2, 0) is 17.9 Å². The average Bonchev–Trinajstić information content (AvgIpc) is 2.92. The summed E-state index contributed by atoms with van der Waals surface area (Å²) in [6.07, 6.45) is 1.25. The number of benzene rings is 1. The molecule has 4 amide bonds. The number of urea groups is 1. The Kier molecular flexibility index (Phi) is 4.71. The van der Waals surface area contributed by atoms with Gasteiger partial charge in [0.15, 0.2) is 0 Å². The molecule has 2 aliphatic heterocycles. The summed E-state index contributed by atoms with van der Waals surface area (Å²) in [6.45, 7) is 4.58. The number of amides is 4. The van der Waals surface area contributed by atoms with Gasteiger partial charge < -0.3 is 20.0 Å². The molecule has 0 bridgehead atoms. The van der Waals surface area contributed by atoms with E-state index in [1.54, 1.807) is 37.0 Å². The molecular weight excluding hydrogens is 332 g/mol. The second-order valence-corrected chi connectivity index (χ2v) is 7.06. The fourth-order valence-electron chi connectivity index (χ4n) is 3.54. The molecule has 26 heavy (non-hydrogen) atoms. The van der Waals surface area contributed by atoms with Gasteiger partial charge in [-0.15, -0.1) is 0 Å². The van der Waals surface area contributed by atoms with Crippen LogP contribution in [0.5, 0.6) is 0 Å². The third-order valence-corrected chi connectivity index (χ3v) is 4.91. The first-order valence-electron chi connectivity index (χ1n) is 8.62. The molecule has 1 unspecified atom stereocenters. The van der Waals surface area contributed by atoms with Gasteiger partial charge in [0.1, 0.15) is 6.04 Å². The third kappa shape index (κ3) is 3.16. The smallest absolute Gasteiger partial charge is 0.319 e. The standard InChI is InChI=1S/C19H24N4O3/c1-12-8-9-16(17(24)20-12)23-11-15-13(6-5-7-14(15)18(23)25)10-22(4)19(26)21(2)3/h5-7,16H,1,8-11H2,2-4H3,(H,20,24). The van der Waals surface area contributed by atoms with Crippen LogP contribution >= 0.6 is 0 Å². The summed E-state index contributed by atoms with van der Waals surface area (Å²) in [7, 11) is 5.14. The van der Waals surface area contributed by atoms with E-state index in [2.05, 4.69) is 11.9 Å². The number of nitrogens with one attached hydrogen (secondary N) is 1. The number of nitrogens with zero attached hydrogens (tertiary/aromatic N) is 3. The highest BCUT2D eigenvalue weighted by Crippen LogP contribution is 2.31. The molecule has 7 nitrogen and oxygen atoms in total. The summed E-state index contributed by atoms with van der Waals surface area (Å²) in [4.78, 5) is 42.0. The van der Waals surface area contributed by atoms with E-state index < -0.39 is 6.04 Å². The molecule has 0 aliphatic carbocycles. The highest BCUT2D eigenvalue weighted by atomic mass is 16.2. The first-order chi connectivity index (χ1) is 12.3. The number of rotatable bonds is 3. The summed E-state index contributed by atoms with van der Waals surface area (Å²) in [5.41, 5.74) is 3.13. The fourth-order valence-corrected chi connectivity index (χ4v) is 3.54. The van der Waals surface area contributed by atoms with Gasteiger partial charge in [-0.1, -0.05) is 18.7 Å². The van der Waals surface area contributed by atoms with Gasteiger partial charge in [-0.05, 0) is 30.0 Å². The molecule has 2 heterocycles. The van der Waals surface area contributed by atoms with Gasteiger partial charge in [-0.3, -0.25) is 9.59 Å². The molecule has 1 fully saturated rings. The first kappa shape index (κ1) is 18.0. The molecule has 0 radical (unpaired) electrons. The van der Waals surface area contributed by atoms with Gasteiger partial charge >= 0.3 is 6.03 Å². The van der Waals surface area contributed by atoms with Crippen molar-refractivity contribution in [2.24, 2.45) is 0 Å².